The summed E-state index contributed by atoms with van der Waals surface area (Å²) in [6.07, 6.45) is 4.38. The summed E-state index contributed by atoms with van der Waals surface area (Å²) in [6, 6.07) is 4.12. The van der Waals surface area contributed by atoms with Gasteiger partial charge in [0.15, 0.2) is 11.5 Å². The Morgan fingerprint density at radius 2 is 1.38 bits per heavy atom. The molecular formula is C19H35CaO5Sb. The van der Waals surface area contributed by atoms with E-state index in [1.807, 2.05) is 6.07 Å². The van der Waals surface area contributed by atoms with Crippen LogP contribution in [0.5, 0.6) is 11.5 Å². The first-order valence-corrected chi connectivity index (χ1v) is 8.99. The van der Waals surface area contributed by atoms with Crippen molar-refractivity contribution in [3.63, 3.8) is 0 Å². The first-order chi connectivity index (χ1) is 11.8. The Balaban J connectivity index is 0.00000312. The number of ether oxygens (including phenoxy) is 5. The van der Waals surface area contributed by atoms with Crippen molar-refractivity contribution < 1.29 is 23.7 Å². The molecule has 0 fully saturated rings. The van der Waals surface area contributed by atoms with Gasteiger partial charge < -0.3 is 23.7 Å². The Morgan fingerprint density at radius 1 is 0.808 bits per heavy atom. The molecule has 0 spiro atoms. The maximum atomic E-state index is 5.75. The van der Waals surface area contributed by atoms with Gasteiger partial charge in [0.25, 0.3) is 0 Å². The Bertz CT molecular complexity index is 487. The quantitative estimate of drug-likeness (QED) is 0.301. The number of unbranched alkanes of at least 4 members (excludes halogenated alkanes) is 1. The van der Waals surface area contributed by atoms with Gasteiger partial charge in [0, 0.05) is 6.61 Å². The second-order valence-corrected chi connectivity index (χ2v) is 5.86. The molecule has 7 heteroatoms. The van der Waals surface area contributed by atoms with Gasteiger partial charge in [0.1, 0.15) is 0 Å². The minimum absolute atomic E-state index is 0. The normalized spacial score (nSPS) is 11.8. The van der Waals surface area contributed by atoms with E-state index in [-0.39, 0.29) is 62.2 Å². The molecule has 26 heavy (non-hydrogen) atoms. The van der Waals surface area contributed by atoms with Gasteiger partial charge in [-0.25, -0.2) is 0 Å². The van der Waals surface area contributed by atoms with E-state index >= 15 is 0 Å². The summed E-state index contributed by atoms with van der Waals surface area (Å²) in [6.45, 7) is 8.47. The van der Waals surface area contributed by atoms with E-state index in [1.165, 1.54) is 11.1 Å². The molecule has 0 saturated heterocycles. The van der Waals surface area contributed by atoms with Crippen LogP contribution in [0.3, 0.4) is 0 Å². The van der Waals surface area contributed by atoms with Crippen LogP contribution in [-0.2, 0) is 27.2 Å². The number of fused-ring (bicyclic) bond motifs is 1. The molecular weight excluding hydrogens is 470 g/mol. The number of hydrogen-bond donors (Lipinski definition) is 0. The summed E-state index contributed by atoms with van der Waals surface area (Å²) in [5.41, 5.74) is 2.44. The van der Waals surface area contributed by atoms with Crippen molar-refractivity contribution in [1.29, 1.82) is 0 Å². The molecule has 1 aliphatic heterocycles. The Kier molecular flexibility index (Phi) is 17.2. The van der Waals surface area contributed by atoms with Gasteiger partial charge in [-0.15, -0.1) is 0 Å². The third-order valence-corrected chi connectivity index (χ3v) is 3.86. The molecule has 1 aliphatic rings. The average Bonchev–Trinajstić information content (AvgIpc) is 3.04. The van der Waals surface area contributed by atoms with Gasteiger partial charge in [-0.3, -0.25) is 0 Å². The van der Waals surface area contributed by atoms with E-state index in [0.717, 1.165) is 43.8 Å². The molecule has 0 aliphatic carbocycles. The topological polar surface area (TPSA) is 46.2 Å². The molecule has 0 bridgehead atoms. The summed E-state index contributed by atoms with van der Waals surface area (Å²) in [4.78, 5) is 0. The molecule has 0 saturated carbocycles. The Morgan fingerprint density at radius 3 is 2.00 bits per heavy atom. The molecule has 5 nitrogen and oxygen atoms in total. The number of aryl methyl sites for hydroxylation is 1. The van der Waals surface area contributed by atoms with Gasteiger partial charge in [-0.1, -0.05) is 26.7 Å². The zero-order valence-corrected chi connectivity index (χ0v) is 19.7. The molecule has 1 aromatic carbocycles. The van der Waals surface area contributed by atoms with Crippen molar-refractivity contribution in [3.05, 3.63) is 23.3 Å². The predicted octanol–water partition coefficient (Wildman–Crippen LogP) is 1.62. The van der Waals surface area contributed by atoms with E-state index < -0.39 is 0 Å². The molecule has 0 radical (unpaired) electrons. The van der Waals surface area contributed by atoms with E-state index in [4.69, 9.17) is 23.7 Å². The van der Waals surface area contributed by atoms with E-state index in [2.05, 4.69) is 19.9 Å². The summed E-state index contributed by atoms with van der Waals surface area (Å²) < 4.78 is 27.6. The van der Waals surface area contributed by atoms with Crippen LogP contribution in [-0.4, -0.2) is 102 Å². The van der Waals surface area contributed by atoms with Crippen molar-refractivity contribution in [2.24, 2.45) is 0 Å². The van der Waals surface area contributed by atoms with Crippen LogP contribution in [0.1, 0.15) is 44.2 Å². The van der Waals surface area contributed by atoms with Crippen LogP contribution in [0.4, 0.5) is 0 Å². The molecule has 1 aromatic rings. The van der Waals surface area contributed by atoms with E-state index in [1.54, 1.807) is 0 Å². The first kappa shape index (κ1) is 26.8. The zero-order valence-electron chi connectivity index (χ0n) is 15.7. The molecule has 0 aromatic heterocycles. The van der Waals surface area contributed by atoms with Crippen LogP contribution in [0.15, 0.2) is 12.1 Å². The van der Waals surface area contributed by atoms with Gasteiger partial charge in [0.2, 0.25) is 6.79 Å². The van der Waals surface area contributed by atoms with E-state index in [0.29, 0.717) is 39.8 Å². The van der Waals surface area contributed by atoms with Crippen molar-refractivity contribution in [3.8, 4) is 11.5 Å². The summed E-state index contributed by atoms with van der Waals surface area (Å²) in [7, 11) is 0. The van der Waals surface area contributed by atoms with Crippen LogP contribution < -0.4 is 9.47 Å². The van der Waals surface area contributed by atoms with Crippen LogP contribution in [0, 0.1) is 0 Å². The third kappa shape index (κ3) is 9.82. The summed E-state index contributed by atoms with van der Waals surface area (Å²) >= 11 is 0. The fraction of sp³-hybridized carbons (Fsp3) is 0.684. The SMILES string of the molecule is CCCCOCCOCCOCc1cc2c(cc1CCC)OCO2.[CaH2].[SbH3]. The first-order valence-electron chi connectivity index (χ1n) is 8.99. The van der Waals surface area contributed by atoms with Crippen LogP contribution >= 0.6 is 0 Å². The summed E-state index contributed by atoms with van der Waals surface area (Å²) in [5, 5.41) is 0. The monoisotopic (exact) mass is 504 g/mol. The molecule has 148 valence electrons. The number of benzene rings is 1. The molecule has 0 unspecified atom stereocenters. The third-order valence-electron chi connectivity index (χ3n) is 3.86. The second kappa shape index (κ2) is 16.7. The fourth-order valence-corrected chi connectivity index (χ4v) is 2.53. The van der Waals surface area contributed by atoms with Crippen molar-refractivity contribution in [1.82, 2.24) is 0 Å². The van der Waals surface area contributed by atoms with Crippen molar-refractivity contribution >= 4 is 62.2 Å². The van der Waals surface area contributed by atoms with Gasteiger partial charge in [-0.2, -0.15) is 0 Å². The average molecular weight is 505 g/mol. The Labute approximate surface area is 204 Å². The molecule has 0 N–H and O–H groups in total. The van der Waals surface area contributed by atoms with Gasteiger partial charge in [-0.05, 0) is 36.1 Å². The summed E-state index contributed by atoms with van der Waals surface area (Å²) in [5.74, 6) is 1.66. The van der Waals surface area contributed by atoms with Gasteiger partial charge >= 0.3 is 62.2 Å². The molecule has 2 rings (SSSR count). The second-order valence-electron chi connectivity index (χ2n) is 5.86. The molecule has 1 heterocycles. The standard InChI is InChI=1S/C19H30O5.Ca.Sb.5H/c1-3-5-7-20-8-9-21-10-11-22-14-17-13-19-18(23-15-24-19)12-16(17)6-4-2;;;;;;;/h12-13H,3-11,14-15H2,1-2H3;;;;;;;. The Hall–Kier alpha value is 0.778. The fourth-order valence-electron chi connectivity index (χ4n) is 2.53. The maximum absolute atomic E-state index is 5.75. The molecule has 0 amide bonds. The van der Waals surface area contributed by atoms with Crippen LogP contribution in [0.25, 0.3) is 0 Å². The van der Waals surface area contributed by atoms with E-state index in [9.17, 15) is 0 Å². The van der Waals surface area contributed by atoms with Crippen molar-refractivity contribution in [2.75, 3.05) is 39.8 Å². The number of hydrogen-bond acceptors (Lipinski definition) is 5. The van der Waals surface area contributed by atoms with Crippen molar-refractivity contribution in [2.45, 2.75) is 46.1 Å². The minimum atomic E-state index is 0. The van der Waals surface area contributed by atoms with Crippen LogP contribution in [0.2, 0.25) is 0 Å². The van der Waals surface area contributed by atoms with Gasteiger partial charge in [0.05, 0.1) is 33.0 Å². The number of rotatable bonds is 13. The molecule has 0 atom stereocenters. The predicted molar refractivity (Wildman–Crippen MR) is 111 cm³/mol. The zero-order chi connectivity index (χ0) is 17.0.